The summed E-state index contributed by atoms with van der Waals surface area (Å²) in [6.45, 7) is 4.21. The maximum atomic E-state index is 13.3. The number of amides is 3. The minimum atomic E-state index is -0.341. The fourth-order valence-corrected chi connectivity index (χ4v) is 4.61. The number of nitrogens with zero attached hydrogens (tertiary/aromatic N) is 1. The van der Waals surface area contributed by atoms with Crippen molar-refractivity contribution in [1.29, 1.82) is 0 Å². The van der Waals surface area contributed by atoms with Crippen LogP contribution in [0.3, 0.4) is 0 Å². The first-order valence-electron chi connectivity index (χ1n) is 12.2. The van der Waals surface area contributed by atoms with Crippen LogP contribution in [-0.4, -0.2) is 54.5 Å². The van der Waals surface area contributed by atoms with Crippen LogP contribution >= 0.6 is 0 Å². The third-order valence-electron chi connectivity index (χ3n) is 6.52. The second kappa shape index (κ2) is 10.9. The van der Waals surface area contributed by atoms with Gasteiger partial charge in [-0.25, -0.2) is 0 Å². The molecule has 2 N–H and O–H groups in total. The summed E-state index contributed by atoms with van der Waals surface area (Å²) in [6, 6.07) is 12.6. The zero-order chi connectivity index (χ0) is 24.9. The summed E-state index contributed by atoms with van der Waals surface area (Å²) in [5.74, 6) is 0.0896. The largest absolute Gasteiger partial charge is 0.490 e. The molecule has 0 radical (unpaired) electrons. The number of benzene rings is 2. The van der Waals surface area contributed by atoms with Gasteiger partial charge in [0.2, 0.25) is 11.8 Å². The quantitative estimate of drug-likeness (QED) is 0.649. The van der Waals surface area contributed by atoms with Crippen LogP contribution in [0.2, 0.25) is 0 Å². The van der Waals surface area contributed by atoms with Gasteiger partial charge in [-0.3, -0.25) is 14.4 Å². The van der Waals surface area contributed by atoms with Crippen molar-refractivity contribution in [3.8, 4) is 5.75 Å². The number of anilines is 2. The second-order valence-corrected chi connectivity index (χ2v) is 9.30. The molecule has 2 aliphatic heterocycles. The van der Waals surface area contributed by atoms with Gasteiger partial charge in [-0.2, -0.15) is 0 Å². The molecule has 2 aromatic carbocycles. The van der Waals surface area contributed by atoms with E-state index in [0.717, 1.165) is 17.7 Å². The van der Waals surface area contributed by atoms with Gasteiger partial charge in [-0.1, -0.05) is 24.6 Å². The average molecular weight is 480 g/mol. The number of rotatable bonds is 6. The Morgan fingerprint density at radius 1 is 1.03 bits per heavy atom. The van der Waals surface area contributed by atoms with Crippen LogP contribution in [0.5, 0.6) is 5.75 Å². The number of nitrogens with one attached hydrogen (secondary N) is 2. The van der Waals surface area contributed by atoms with Gasteiger partial charge in [0.15, 0.2) is 0 Å². The number of fused-ring (bicyclic) bond motifs is 2. The molecule has 3 atom stereocenters. The van der Waals surface area contributed by atoms with E-state index >= 15 is 0 Å². The summed E-state index contributed by atoms with van der Waals surface area (Å²) < 4.78 is 12.3. The maximum Gasteiger partial charge on any atom is 0.257 e. The molecule has 8 heteroatoms. The fourth-order valence-electron chi connectivity index (χ4n) is 4.61. The molecule has 0 saturated carbocycles. The highest BCUT2D eigenvalue weighted by atomic mass is 16.5. The Bertz CT molecular complexity index is 1080. The first-order chi connectivity index (χ1) is 16.8. The first-order valence-corrected chi connectivity index (χ1v) is 12.2. The molecule has 186 valence electrons. The highest BCUT2D eigenvalue weighted by Gasteiger charge is 2.39. The lowest BCUT2D eigenvalue weighted by Crippen LogP contribution is -2.53. The lowest BCUT2D eigenvalue weighted by Gasteiger charge is -2.42. The monoisotopic (exact) mass is 479 g/mol. The smallest absolute Gasteiger partial charge is 0.257 e. The SMILES string of the molecule is CCCC(=O)Nc1ccc2c(c1)C(=O)N(C)[C@H]1CC[C@H](CC(=O)Nc3ccc(C)cc3)O[C@@H]1CO2. The van der Waals surface area contributed by atoms with Gasteiger partial charge in [0.25, 0.3) is 5.91 Å². The molecule has 4 rings (SSSR count). The Labute approximate surface area is 206 Å². The van der Waals surface area contributed by atoms with Gasteiger partial charge in [-0.15, -0.1) is 0 Å². The molecule has 2 aromatic rings. The normalized spacial score (nSPS) is 21.6. The predicted octanol–water partition coefficient (Wildman–Crippen LogP) is 4.14. The van der Waals surface area contributed by atoms with Crippen molar-refractivity contribution in [2.75, 3.05) is 24.3 Å². The van der Waals surface area contributed by atoms with Crippen LogP contribution in [0.1, 0.15) is 54.9 Å². The molecule has 8 nitrogen and oxygen atoms in total. The molecule has 0 spiro atoms. The van der Waals surface area contributed by atoms with Crippen molar-refractivity contribution in [3.63, 3.8) is 0 Å². The molecule has 0 bridgehead atoms. The van der Waals surface area contributed by atoms with Crippen molar-refractivity contribution in [2.45, 2.75) is 64.2 Å². The summed E-state index contributed by atoms with van der Waals surface area (Å²) in [5, 5.41) is 5.76. The Morgan fingerprint density at radius 2 is 1.74 bits per heavy atom. The molecular formula is C27H33N3O5. The molecular weight excluding hydrogens is 446 g/mol. The van der Waals surface area contributed by atoms with E-state index in [1.54, 1.807) is 30.1 Å². The fraction of sp³-hybridized carbons (Fsp3) is 0.444. The van der Waals surface area contributed by atoms with Gasteiger partial charge >= 0.3 is 0 Å². The van der Waals surface area contributed by atoms with Gasteiger partial charge < -0.3 is 25.0 Å². The van der Waals surface area contributed by atoms with Crippen molar-refractivity contribution in [2.24, 2.45) is 0 Å². The Morgan fingerprint density at radius 3 is 2.49 bits per heavy atom. The lowest BCUT2D eigenvalue weighted by molar-refractivity contribution is -0.130. The molecule has 0 aromatic heterocycles. The Kier molecular flexibility index (Phi) is 7.70. The minimum absolute atomic E-state index is 0.0850. The molecule has 35 heavy (non-hydrogen) atoms. The molecule has 2 heterocycles. The Hall–Kier alpha value is -3.39. The molecule has 0 aliphatic carbocycles. The number of hydrogen-bond donors (Lipinski definition) is 2. The van der Waals surface area contributed by atoms with E-state index in [9.17, 15) is 14.4 Å². The lowest BCUT2D eigenvalue weighted by atomic mass is 9.94. The molecule has 1 saturated heterocycles. The van der Waals surface area contributed by atoms with E-state index in [-0.39, 0.29) is 49.0 Å². The van der Waals surface area contributed by atoms with Gasteiger partial charge in [-0.05, 0) is 56.5 Å². The first kappa shape index (κ1) is 24.7. The number of ether oxygens (including phenoxy) is 2. The van der Waals surface area contributed by atoms with Crippen LogP contribution in [0, 0.1) is 6.92 Å². The summed E-state index contributed by atoms with van der Waals surface area (Å²) in [4.78, 5) is 39.5. The minimum Gasteiger partial charge on any atom is -0.490 e. The summed E-state index contributed by atoms with van der Waals surface area (Å²) in [5.41, 5.74) is 2.88. The van der Waals surface area contributed by atoms with Crippen molar-refractivity contribution < 1.29 is 23.9 Å². The third kappa shape index (κ3) is 6.00. The molecule has 0 unspecified atom stereocenters. The van der Waals surface area contributed by atoms with Gasteiger partial charge in [0.05, 0.1) is 24.1 Å². The summed E-state index contributed by atoms with van der Waals surface area (Å²) in [7, 11) is 1.77. The molecule has 2 aliphatic rings. The van der Waals surface area contributed by atoms with Crippen molar-refractivity contribution >= 4 is 29.1 Å². The highest BCUT2D eigenvalue weighted by Crippen LogP contribution is 2.32. The Balaban J connectivity index is 1.41. The van der Waals surface area contributed by atoms with E-state index in [1.165, 1.54) is 0 Å². The number of carbonyl (C=O) groups excluding carboxylic acids is 3. The van der Waals surface area contributed by atoms with Crippen molar-refractivity contribution in [1.82, 2.24) is 4.90 Å². The van der Waals surface area contributed by atoms with Gasteiger partial charge in [0.1, 0.15) is 18.5 Å². The topological polar surface area (TPSA) is 97.0 Å². The van der Waals surface area contributed by atoms with Gasteiger partial charge in [0, 0.05) is 24.8 Å². The van der Waals surface area contributed by atoms with Crippen molar-refractivity contribution in [3.05, 3.63) is 53.6 Å². The van der Waals surface area contributed by atoms with E-state index in [0.29, 0.717) is 36.3 Å². The average Bonchev–Trinajstić information content (AvgIpc) is 2.83. The maximum absolute atomic E-state index is 13.3. The summed E-state index contributed by atoms with van der Waals surface area (Å²) >= 11 is 0. The standard InChI is InChI=1S/C27H33N3O5/c1-4-5-25(31)29-19-10-13-23-21(14-19)27(33)30(3)22-12-11-20(35-24(22)16-34-23)15-26(32)28-18-8-6-17(2)7-9-18/h6-10,13-14,20,22,24H,4-5,11-12,15-16H2,1-3H3,(H,28,32)(H,29,31)/t20-,22+,24-/m1/s1. The van der Waals surface area contributed by atoms with E-state index < -0.39 is 0 Å². The van der Waals surface area contributed by atoms with Crippen LogP contribution in [0.4, 0.5) is 11.4 Å². The molecule has 1 fully saturated rings. The number of likely N-dealkylation sites (N-methyl/N-ethyl adjacent to an activating group) is 1. The zero-order valence-electron chi connectivity index (χ0n) is 20.5. The molecule has 3 amide bonds. The number of carbonyl (C=O) groups is 3. The van der Waals surface area contributed by atoms with E-state index in [1.807, 2.05) is 38.1 Å². The second-order valence-electron chi connectivity index (χ2n) is 9.30. The van der Waals surface area contributed by atoms with E-state index in [2.05, 4.69) is 10.6 Å². The predicted molar refractivity (Wildman–Crippen MR) is 134 cm³/mol. The summed E-state index contributed by atoms with van der Waals surface area (Å²) in [6.07, 6.45) is 2.20. The van der Waals surface area contributed by atoms with Crippen LogP contribution < -0.4 is 15.4 Å². The van der Waals surface area contributed by atoms with Crippen LogP contribution in [0.25, 0.3) is 0 Å². The zero-order valence-corrected chi connectivity index (χ0v) is 20.5. The number of hydrogen-bond acceptors (Lipinski definition) is 5. The van der Waals surface area contributed by atoms with E-state index in [4.69, 9.17) is 9.47 Å². The highest BCUT2D eigenvalue weighted by molar-refractivity contribution is 5.99. The number of aryl methyl sites for hydroxylation is 1. The van der Waals surface area contributed by atoms with Crippen LogP contribution in [0.15, 0.2) is 42.5 Å². The van der Waals surface area contributed by atoms with Crippen LogP contribution in [-0.2, 0) is 14.3 Å². The third-order valence-corrected chi connectivity index (χ3v) is 6.52.